The first-order valence-corrected chi connectivity index (χ1v) is 8.92. The maximum absolute atomic E-state index is 11.2. The average Bonchev–Trinajstić information content (AvgIpc) is 2.74. The Balaban J connectivity index is 2.05. The number of sulfonamides is 1. The lowest BCUT2D eigenvalue weighted by molar-refractivity contribution is 0.607. The number of anilines is 2. The molecule has 0 radical (unpaired) electrons. The van der Waals surface area contributed by atoms with Gasteiger partial charge in [-0.2, -0.15) is 0 Å². The van der Waals surface area contributed by atoms with Crippen molar-refractivity contribution in [2.45, 2.75) is 20.4 Å². The van der Waals surface area contributed by atoms with E-state index in [4.69, 9.17) is 0 Å². The summed E-state index contributed by atoms with van der Waals surface area (Å²) in [6.07, 6.45) is 1.15. The molecule has 108 valence electrons. The number of rotatable bonds is 5. The molecule has 4 nitrogen and oxygen atoms in total. The summed E-state index contributed by atoms with van der Waals surface area (Å²) in [7, 11) is -3.23. The van der Waals surface area contributed by atoms with Crippen LogP contribution in [0.5, 0.6) is 0 Å². The Bertz CT molecular complexity index is 706. The molecule has 1 aromatic carbocycles. The molecule has 1 heterocycles. The Morgan fingerprint density at radius 1 is 1.15 bits per heavy atom. The molecule has 0 aliphatic heterocycles. The van der Waals surface area contributed by atoms with Gasteiger partial charge in [0.1, 0.15) is 0 Å². The van der Waals surface area contributed by atoms with Crippen LogP contribution in [0.2, 0.25) is 0 Å². The summed E-state index contributed by atoms with van der Waals surface area (Å²) in [4.78, 5) is 2.57. The van der Waals surface area contributed by atoms with Gasteiger partial charge in [-0.05, 0) is 49.7 Å². The fraction of sp³-hybridized carbons (Fsp3) is 0.286. The van der Waals surface area contributed by atoms with Crippen LogP contribution < -0.4 is 10.0 Å². The molecule has 0 bridgehead atoms. The summed E-state index contributed by atoms with van der Waals surface area (Å²) in [5.74, 6) is 0. The SMILES string of the molecule is Cc1ccc(CNc2ccc(NS(C)(=O)=O)c(C)c2)s1. The van der Waals surface area contributed by atoms with Crippen LogP contribution in [0, 0.1) is 13.8 Å². The Labute approximate surface area is 123 Å². The average molecular weight is 310 g/mol. The number of benzene rings is 1. The normalized spacial score (nSPS) is 11.3. The highest BCUT2D eigenvalue weighted by Gasteiger charge is 2.05. The van der Waals surface area contributed by atoms with Gasteiger partial charge in [0.15, 0.2) is 0 Å². The van der Waals surface area contributed by atoms with Crippen molar-refractivity contribution >= 4 is 32.7 Å². The molecular formula is C14H18N2O2S2. The minimum absolute atomic E-state index is 0.616. The van der Waals surface area contributed by atoms with Crippen LogP contribution in [-0.4, -0.2) is 14.7 Å². The first kappa shape index (κ1) is 14.9. The van der Waals surface area contributed by atoms with E-state index in [0.29, 0.717) is 5.69 Å². The zero-order chi connectivity index (χ0) is 14.8. The van der Waals surface area contributed by atoms with Crippen molar-refractivity contribution in [3.63, 3.8) is 0 Å². The highest BCUT2D eigenvalue weighted by Crippen LogP contribution is 2.22. The number of aryl methyl sites for hydroxylation is 2. The summed E-state index contributed by atoms with van der Waals surface area (Å²) < 4.78 is 25.0. The summed E-state index contributed by atoms with van der Waals surface area (Å²) >= 11 is 1.77. The van der Waals surface area contributed by atoms with Gasteiger partial charge in [-0.15, -0.1) is 11.3 Å². The van der Waals surface area contributed by atoms with Crippen molar-refractivity contribution in [3.05, 3.63) is 45.6 Å². The topological polar surface area (TPSA) is 58.2 Å². The Kier molecular flexibility index (Phi) is 4.35. The van der Waals surface area contributed by atoms with E-state index in [9.17, 15) is 8.42 Å². The minimum atomic E-state index is -3.23. The lowest BCUT2D eigenvalue weighted by atomic mass is 10.2. The van der Waals surface area contributed by atoms with Gasteiger partial charge in [-0.1, -0.05) is 0 Å². The minimum Gasteiger partial charge on any atom is -0.380 e. The van der Waals surface area contributed by atoms with E-state index in [1.807, 2.05) is 19.1 Å². The Morgan fingerprint density at radius 2 is 1.90 bits per heavy atom. The molecule has 0 aliphatic rings. The zero-order valence-corrected chi connectivity index (χ0v) is 13.4. The van der Waals surface area contributed by atoms with E-state index < -0.39 is 10.0 Å². The van der Waals surface area contributed by atoms with Gasteiger partial charge in [-0.3, -0.25) is 4.72 Å². The third-order valence-electron chi connectivity index (χ3n) is 2.78. The largest absolute Gasteiger partial charge is 0.380 e. The molecule has 6 heteroatoms. The Hall–Kier alpha value is -1.53. The monoisotopic (exact) mass is 310 g/mol. The third-order valence-corrected chi connectivity index (χ3v) is 4.38. The second kappa shape index (κ2) is 5.85. The predicted octanol–water partition coefficient (Wildman–Crippen LogP) is 3.35. The number of hydrogen-bond donors (Lipinski definition) is 2. The molecule has 2 N–H and O–H groups in total. The molecule has 0 fully saturated rings. The number of nitrogens with one attached hydrogen (secondary N) is 2. The molecule has 2 aromatic rings. The van der Waals surface area contributed by atoms with Crippen molar-refractivity contribution in [3.8, 4) is 0 Å². The maximum atomic E-state index is 11.2. The van der Waals surface area contributed by atoms with E-state index in [2.05, 4.69) is 29.1 Å². The molecular weight excluding hydrogens is 292 g/mol. The van der Waals surface area contributed by atoms with Crippen molar-refractivity contribution < 1.29 is 8.42 Å². The van der Waals surface area contributed by atoms with Crippen molar-refractivity contribution in [2.24, 2.45) is 0 Å². The number of hydrogen-bond acceptors (Lipinski definition) is 4. The van der Waals surface area contributed by atoms with Crippen LogP contribution in [0.15, 0.2) is 30.3 Å². The molecule has 1 aromatic heterocycles. The maximum Gasteiger partial charge on any atom is 0.229 e. The van der Waals surface area contributed by atoms with Gasteiger partial charge in [0.2, 0.25) is 10.0 Å². The summed E-state index contributed by atoms with van der Waals surface area (Å²) in [5.41, 5.74) is 2.49. The molecule has 0 saturated heterocycles. The summed E-state index contributed by atoms with van der Waals surface area (Å²) in [5, 5.41) is 3.34. The quantitative estimate of drug-likeness (QED) is 0.890. The molecule has 0 amide bonds. The van der Waals surface area contributed by atoms with Crippen LogP contribution in [0.1, 0.15) is 15.3 Å². The van der Waals surface area contributed by atoms with Crippen LogP contribution >= 0.6 is 11.3 Å². The van der Waals surface area contributed by atoms with Crippen LogP contribution in [-0.2, 0) is 16.6 Å². The highest BCUT2D eigenvalue weighted by molar-refractivity contribution is 7.92. The lowest BCUT2D eigenvalue weighted by Crippen LogP contribution is -2.10. The molecule has 0 aliphatic carbocycles. The lowest BCUT2D eigenvalue weighted by Gasteiger charge is -2.11. The second-order valence-corrected chi connectivity index (χ2v) is 7.89. The van der Waals surface area contributed by atoms with Crippen molar-refractivity contribution in [2.75, 3.05) is 16.3 Å². The summed E-state index contributed by atoms with van der Waals surface area (Å²) in [6.45, 7) is 4.74. The van der Waals surface area contributed by atoms with Gasteiger partial charge in [0.05, 0.1) is 11.9 Å². The highest BCUT2D eigenvalue weighted by atomic mass is 32.2. The Morgan fingerprint density at radius 3 is 2.45 bits per heavy atom. The second-order valence-electron chi connectivity index (χ2n) is 4.77. The van der Waals surface area contributed by atoms with Crippen LogP contribution in [0.4, 0.5) is 11.4 Å². The fourth-order valence-electron chi connectivity index (χ4n) is 1.86. The third kappa shape index (κ3) is 4.25. The van der Waals surface area contributed by atoms with Gasteiger partial charge in [-0.25, -0.2) is 8.42 Å². The molecule has 0 spiro atoms. The van der Waals surface area contributed by atoms with Gasteiger partial charge in [0.25, 0.3) is 0 Å². The van der Waals surface area contributed by atoms with Crippen molar-refractivity contribution in [1.29, 1.82) is 0 Å². The number of thiophene rings is 1. The first-order valence-electron chi connectivity index (χ1n) is 6.21. The standard InChI is InChI=1S/C14H18N2O2S2/c1-10-8-12(5-7-14(10)16-20(3,17)18)15-9-13-6-4-11(2)19-13/h4-8,15-16H,9H2,1-3H3. The first-order chi connectivity index (χ1) is 9.33. The molecule has 2 rings (SSSR count). The fourth-order valence-corrected chi connectivity index (χ4v) is 3.32. The van der Waals surface area contributed by atoms with Gasteiger partial charge in [0, 0.05) is 22.0 Å². The molecule has 0 unspecified atom stereocenters. The smallest absolute Gasteiger partial charge is 0.229 e. The van der Waals surface area contributed by atoms with Crippen LogP contribution in [0.25, 0.3) is 0 Å². The summed E-state index contributed by atoms with van der Waals surface area (Å²) in [6, 6.07) is 9.80. The van der Waals surface area contributed by atoms with Gasteiger partial charge < -0.3 is 5.32 Å². The van der Waals surface area contributed by atoms with E-state index in [-0.39, 0.29) is 0 Å². The van der Waals surface area contributed by atoms with E-state index in [1.54, 1.807) is 17.4 Å². The van der Waals surface area contributed by atoms with E-state index >= 15 is 0 Å². The van der Waals surface area contributed by atoms with Crippen molar-refractivity contribution in [1.82, 2.24) is 0 Å². The van der Waals surface area contributed by atoms with E-state index in [1.165, 1.54) is 9.75 Å². The molecule has 20 heavy (non-hydrogen) atoms. The van der Waals surface area contributed by atoms with Gasteiger partial charge >= 0.3 is 0 Å². The molecule has 0 atom stereocenters. The van der Waals surface area contributed by atoms with Crippen LogP contribution in [0.3, 0.4) is 0 Å². The molecule has 0 saturated carbocycles. The predicted molar refractivity (Wildman–Crippen MR) is 86.0 cm³/mol. The zero-order valence-electron chi connectivity index (χ0n) is 11.7. The van der Waals surface area contributed by atoms with E-state index in [0.717, 1.165) is 24.1 Å².